The van der Waals surface area contributed by atoms with E-state index in [2.05, 4.69) is 0 Å². The largest absolute Gasteiger partial charge is 0.480 e. The molecule has 0 unspecified atom stereocenters. The summed E-state index contributed by atoms with van der Waals surface area (Å²) in [6.07, 6.45) is 1.88. The van der Waals surface area contributed by atoms with Crippen molar-refractivity contribution in [3.05, 3.63) is 0 Å². The van der Waals surface area contributed by atoms with Gasteiger partial charge in [0.1, 0.15) is 5.75 Å². The van der Waals surface area contributed by atoms with Gasteiger partial charge in [-0.25, -0.2) is 8.42 Å². The van der Waals surface area contributed by atoms with Crippen molar-refractivity contribution in [1.29, 1.82) is 0 Å². The van der Waals surface area contributed by atoms with Gasteiger partial charge < -0.3 is 9.84 Å². The standard InChI is InChI=1S/C8H16O5S/c1-2-3-4-13-5-6-14(11,12)7-8(9)10/h2-7H2,1H3,(H,9,10). The fraction of sp³-hybridized carbons (Fsp3) is 0.875. The molecule has 0 bridgehead atoms. The minimum Gasteiger partial charge on any atom is -0.480 e. The maximum Gasteiger partial charge on any atom is 0.318 e. The summed E-state index contributed by atoms with van der Waals surface area (Å²) in [7, 11) is -3.49. The van der Waals surface area contributed by atoms with Gasteiger partial charge in [-0.3, -0.25) is 4.79 Å². The van der Waals surface area contributed by atoms with E-state index in [1.807, 2.05) is 6.92 Å². The molecule has 0 aromatic rings. The lowest BCUT2D eigenvalue weighted by atomic mass is 10.4. The third-order valence-corrected chi connectivity index (χ3v) is 3.00. The number of sulfone groups is 1. The molecule has 0 rings (SSSR count). The van der Waals surface area contributed by atoms with Gasteiger partial charge in [0.2, 0.25) is 0 Å². The Balaban J connectivity index is 3.61. The molecule has 0 amide bonds. The average Bonchev–Trinajstić information content (AvgIpc) is 2.01. The maximum absolute atomic E-state index is 11.0. The highest BCUT2D eigenvalue weighted by molar-refractivity contribution is 7.92. The Bertz CT molecular complexity index is 257. The molecule has 0 saturated heterocycles. The lowest BCUT2D eigenvalue weighted by Gasteiger charge is -2.02. The first-order valence-electron chi connectivity index (χ1n) is 4.48. The van der Waals surface area contributed by atoms with Crippen molar-refractivity contribution in [3.63, 3.8) is 0 Å². The second-order valence-electron chi connectivity index (χ2n) is 2.95. The van der Waals surface area contributed by atoms with E-state index < -0.39 is 21.6 Å². The second kappa shape index (κ2) is 6.78. The Morgan fingerprint density at radius 2 is 2.00 bits per heavy atom. The van der Waals surface area contributed by atoms with Gasteiger partial charge in [0.25, 0.3) is 0 Å². The van der Waals surface area contributed by atoms with Crippen molar-refractivity contribution in [3.8, 4) is 0 Å². The number of ether oxygens (including phenoxy) is 1. The normalized spacial score (nSPS) is 11.5. The van der Waals surface area contributed by atoms with Crippen molar-refractivity contribution >= 4 is 15.8 Å². The first-order chi connectivity index (χ1) is 6.48. The van der Waals surface area contributed by atoms with Crippen LogP contribution in [0.3, 0.4) is 0 Å². The molecule has 0 aromatic carbocycles. The minimum absolute atomic E-state index is 0.0790. The molecule has 0 aliphatic rings. The molecule has 0 spiro atoms. The summed E-state index contributed by atoms with van der Waals surface area (Å²) in [6.45, 7) is 2.61. The summed E-state index contributed by atoms with van der Waals surface area (Å²) in [4.78, 5) is 10.1. The number of hydrogen-bond donors (Lipinski definition) is 1. The summed E-state index contributed by atoms with van der Waals surface area (Å²) >= 11 is 0. The zero-order valence-corrected chi connectivity index (χ0v) is 9.05. The number of hydrogen-bond acceptors (Lipinski definition) is 4. The quantitative estimate of drug-likeness (QED) is 0.600. The van der Waals surface area contributed by atoms with E-state index in [4.69, 9.17) is 9.84 Å². The zero-order valence-electron chi connectivity index (χ0n) is 8.23. The van der Waals surface area contributed by atoms with Gasteiger partial charge in [0.05, 0.1) is 12.4 Å². The molecule has 0 saturated carbocycles. The lowest BCUT2D eigenvalue weighted by molar-refractivity contribution is -0.134. The molecule has 1 N–H and O–H groups in total. The van der Waals surface area contributed by atoms with E-state index in [0.717, 1.165) is 12.8 Å². The minimum atomic E-state index is -3.49. The van der Waals surface area contributed by atoms with E-state index >= 15 is 0 Å². The topological polar surface area (TPSA) is 80.7 Å². The molecule has 0 heterocycles. The van der Waals surface area contributed by atoms with Crippen LogP contribution >= 0.6 is 0 Å². The summed E-state index contributed by atoms with van der Waals surface area (Å²) in [6, 6.07) is 0. The molecule has 6 heteroatoms. The van der Waals surface area contributed by atoms with Crippen LogP contribution in [-0.4, -0.2) is 44.2 Å². The average molecular weight is 224 g/mol. The molecular formula is C8H16O5S. The number of unbranched alkanes of at least 4 members (excludes halogenated alkanes) is 1. The van der Waals surface area contributed by atoms with Gasteiger partial charge in [-0.1, -0.05) is 13.3 Å². The van der Waals surface area contributed by atoms with Crippen molar-refractivity contribution in [2.24, 2.45) is 0 Å². The number of rotatable bonds is 8. The van der Waals surface area contributed by atoms with Crippen LogP contribution in [0.25, 0.3) is 0 Å². The number of carbonyl (C=O) groups is 1. The molecule has 84 valence electrons. The molecule has 0 aliphatic carbocycles. The van der Waals surface area contributed by atoms with E-state index in [1.54, 1.807) is 0 Å². The number of carboxylic acid groups (broad SMARTS) is 1. The molecule has 14 heavy (non-hydrogen) atoms. The van der Waals surface area contributed by atoms with Gasteiger partial charge in [-0.15, -0.1) is 0 Å². The van der Waals surface area contributed by atoms with Gasteiger partial charge in [0.15, 0.2) is 9.84 Å². The second-order valence-corrected chi connectivity index (χ2v) is 5.14. The van der Waals surface area contributed by atoms with Crippen LogP contribution in [0.5, 0.6) is 0 Å². The Morgan fingerprint density at radius 1 is 1.36 bits per heavy atom. The van der Waals surface area contributed by atoms with Gasteiger partial charge in [-0.05, 0) is 6.42 Å². The smallest absolute Gasteiger partial charge is 0.318 e. The third-order valence-electron chi connectivity index (χ3n) is 1.52. The van der Waals surface area contributed by atoms with Crippen molar-refractivity contribution in [2.45, 2.75) is 19.8 Å². The third kappa shape index (κ3) is 8.00. The molecule has 0 atom stereocenters. The highest BCUT2D eigenvalue weighted by atomic mass is 32.2. The Labute approximate surface area is 84.0 Å². The molecule has 0 aromatic heterocycles. The van der Waals surface area contributed by atoms with E-state index in [0.29, 0.717) is 6.61 Å². The molecule has 0 aliphatic heterocycles. The van der Waals surface area contributed by atoms with Crippen molar-refractivity contribution in [2.75, 3.05) is 24.7 Å². The predicted molar refractivity (Wildman–Crippen MR) is 52.0 cm³/mol. The van der Waals surface area contributed by atoms with E-state index in [1.165, 1.54) is 0 Å². The van der Waals surface area contributed by atoms with Crippen LogP contribution < -0.4 is 0 Å². The zero-order chi connectivity index (χ0) is 11.0. The van der Waals surface area contributed by atoms with E-state index in [9.17, 15) is 13.2 Å². The Hall–Kier alpha value is -0.620. The van der Waals surface area contributed by atoms with Crippen molar-refractivity contribution < 1.29 is 23.1 Å². The van der Waals surface area contributed by atoms with Crippen molar-refractivity contribution in [1.82, 2.24) is 0 Å². The molecular weight excluding hydrogens is 208 g/mol. The molecule has 0 radical (unpaired) electrons. The maximum atomic E-state index is 11.0. The number of carboxylic acids is 1. The monoisotopic (exact) mass is 224 g/mol. The van der Waals surface area contributed by atoms with Crippen LogP contribution in [0, 0.1) is 0 Å². The SMILES string of the molecule is CCCCOCCS(=O)(=O)CC(=O)O. The summed E-state index contributed by atoms with van der Waals surface area (Å²) < 4.78 is 27.0. The number of aliphatic carboxylic acids is 1. The van der Waals surface area contributed by atoms with Gasteiger partial charge in [0, 0.05) is 6.61 Å². The Morgan fingerprint density at radius 3 is 2.50 bits per heavy atom. The fourth-order valence-electron chi connectivity index (χ4n) is 0.795. The molecule has 5 nitrogen and oxygen atoms in total. The lowest BCUT2D eigenvalue weighted by Crippen LogP contribution is -2.21. The highest BCUT2D eigenvalue weighted by Crippen LogP contribution is 1.93. The summed E-state index contributed by atoms with van der Waals surface area (Å²) in [5.74, 6) is -2.36. The first kappa shape index (κ1) is 13.4. The van der Waals surface area contributed by atoms with Crippen LogP contribution in [0.4, 0.5) is 0 Å². The first-order valence-corrected chi connectivity index (χ1v) is 6.30. The van der Waals surface area contributed by atoms with Crippen LogP contribution in [-0.2, 0) is 19.4 Å². The fourth-order valence-corrected chi connectivity index (χ4v) is 1.69. The summed E-state index contributed by atoms with van der Waals surface area (Å²) in [5.41, 5.74) is 0. The summed E-state index contributed by atoms with van der Waals surface area (Å²) in [5, 5.41) is 8.27. The van der Waals surface area contributed by atoms with E-state index in [-0.39, 0.29) is 12.4 Å². The van der Waals surface area contributed by atoms with Crippen LogP contribution in [0.1, 0.15) is 19.8 Å². The van der Waals surface area contributed by atoms with Crippen LogP contribution in [0.2, 0.25) is 0 Å². The van der Waals surface area contributed by atoms with Gasteiger partial charge >= 0.3 is 5.97 Å². The predicted octanol–water partition coefficient (Wildman–Crippen LogP) is 0.302. The molecule has 0 fully saturated rings. The van der Waals surface area contributed by atoms with Gasteiger partial charge in [-0.2, -0.15) is 0 Å². The highest BCUT2D eigenvalue weighted by Gasteiger charge is 2.15. The van der Waals surface area contributed by atoms with Crippen LogP contribution in [0.15, 0.2) is 0 Å². The Kier molecular flexibility index (Phi) is 6.48.